The molecule has 2 amide bonds. The van der Waals surface area contributed by atoms with Crippen LogP contribution in [0.25, 0.3) is 6.08 Å². The average molecular weight is 342 g/mol. The van der Waals surface area contributed by atoms with Crippen molar-refractivity contribution in [2.45, 2.75) is 13.3 Å². The number of furan rings is 1. The first-order chi connectivity index (χ1) is 12.1. The van der Waals surface area contributed by atoms with Gasteiger partial charge in [0, 0.05) is 12.6 Å². The molecular weight excluding hydrogens is 320 g/mol. The van der Waals surface area contributed by atoms with Crippen LogP contribution in [-0.2, 0) is 9.59 Å². The number of nitrogens with one attached hydrogen (secondary N) is 1. The van der Waals surface area contributed by atoms with Gasteiger partial charge in [-0.3, -0.25) is 9.59 Å². The monoisotopic (exact) mass is 342 g/mol. The van der Waals surface area contributed by atoms with Crippen molar-refractivity contribution in [1.29, 1.82) is 0 Å². The standard InChI is InChI=1S/C19H22N2O4/c1-3-12-21(19(23)11-10-15-7-6-13-25-15)14-18(22)20-16-8-4-5-9-17(16)24-2/h4-11,13H,3,12,14H2,1-2H3,(H,20,22)/b11-10+. The first-order valence-electron chi connectivity index (χ1n) is 8.07. The number of rotatable bonds is 8. The fourth-order valence-electron chi connectivity index (χ4n) is 2.29. The summed E-state index contributed by atoms with van der Waals surface area (Å²) in [7, 11) is 1.54. The number of methoxy groups -OCH3 is 1. The lowest BCUT2D eigenvalue weighted by Crippen LogP contribution is -2.37. The third kappa shape index (κ3) is 5.53. The van der Waals surface area contributed by atoms with E-state index in [9.17, 15) is 9.59 Å². The van der Waals surface area contributed by atoms with Gasteiger partial charge in [0.25, 0.3) is 0 Å². The molecule has 0 saturated heterocycles. The zero-order valence-electron chi connectivity index (χ0n) is 14.4. The Morgan fingerprint density at radius 3 is 2.72 bits per heavy atom. The van der Waals surface area contributed by atoms with E-state index in [2.05, 4.69) is 5.32 Å². The molecule has 0 aliphatic carbocycles. The zero-order valence-corrected chi connectivity index (χ0v) is 14.4. The Balaban J connectivity index is 1.99. The molecule has 0 unspecified atom stereocenters. The first kappa shape index (κ1) is 18.3. The Labute approximate surface area is 147 Å². The van der Waals surface area contributed by atoms with E-state index < -0.39 is 0 Å². The van der Waals surface area contributed by atoms with Crippen molar-refractivity contribution < 1.29 is 18.7 Å². The van der Waals surface area contributed by atoms with Crippen molar-refractivity contribution in [3.8, 4) is 5.75 Å². The molecule has 0 fully saturated rings. The van der Waals surface area contributed by atoms with Gasteiger partial charge in [-0.2, -0.15) is 0 Å². The van der Waals surface area contributed by atoms with Crippen LogP contribution in [0.4, 0.5) is 5.69 Å². The van der Waals surface area contributed by atoms with Gasteiger partial charge < -0.3 is 19.4 Å². The maximum atomic E-state index is 12.3. The summed E-state index contributed by atoms with van der Waals surface area (Å²) >= 11 is 0. The van der Waals surface area contributed by atoms with Gasteiger partial charge in [0.2, 0.25) is 11.8 Å². The van der Waals surface area contributed by atoms with E-state index in [-0.39, 0.29) is 18.4 Å². The predicted octanol–water partition coefficient (Wildman–Crippen LogP) is 3.18. The summed E-state index contributed by atoms with van der Waals surface area (Å²) in [4.78, 5) is 26.1. The number of para-hydroxylation sites is 2. The van der Waals surface area contributed by atoms with E-state index in [4.69, 9.17) is 9.15 Å². The van der Waals surface area contributed by atoms with Gasteiger partial charge in [-0.15, -0.1) is 0 Å². The molecule has 2 rings (SSSR count). The number of anilines is 1. The Hall–Kier alpha value is -3.02. The minimum atomic E-state index is -0.280. The molecule has 25 heavy (non-hydrogen) atoms. The molecule has 0 bridgehead atoms. The number of ether oxygens (including phenoxy) is 1. The summed E-state index contributed by atoms with van der Waals surface area (Å²) in [5, 5.41) is 2.77. The summed E-state index contributed by atoms with van der Waals surface area (Å²) in [6.07, 6.45) is 5.28. The molecule has 0 atom stereocenters. The van der Waals surface area contributed by atoms with E-state index in [0.717, 1.165) is 6.42 Å². The molecule has 0 aliphatic heterocycles. The third-order valence-electron chi connectivity index (χ3n) is 3.45. The van der Waals surface area contributed by atoms with Crippen molar-refractivity contribution >= 4 is 23.6 Å². The molecule has 0 aliphatic rings. The smallest absolute Gasteiger partial charge is 0.247 e. The van der Waals surface area contributed by atoms with Gasteiger partial charge >= 0.3 is 0 Å². The van der Waals surface area contributed by atoms with Crippen LogP contribution in [0.5, 0.6) is 5.75 Å². The highest BCUT2D eigenvalue weighted by Crippen LogP contribution is 2.22. The Morgan fingerprint density at radius 2 is 2.04 bits per heavy atom. The molecule has 6 nitrogen and oxygen atoms in total. The lowest BCUT2D eigenvalue weighted by Gasteiger charge is -2.20. The summed E-state index contributed by atoms with van der Waals surface area (Å²) < 4.78 is 10.4. The number of benzene rings is 1. The fraction of sp³-hybridized carbons (Fsp3) is 0.263. The highest BCUT2D eigenvalue weighted by molar-refractivity contribution is 5.98. The van der Waals surface area contributed by atoms with Crippen LogP contribution < -0.4 is 10.1 Å². The van der Waals surface area contributed by atoms with Crippen LogP contribution >= 0.6 is 0 Å². The fourth-order valence-corrected chi connectivity index (χ4v) is 2.29. The molecule has 1 heterocycles. The highest BCUT2D eigenvalue weighted by atomic mass is 16.5. The van der Waals surface area contributed by atoms with Crippen molar-refractivity contribution in [3.63, 3.8) is 0 Å². The van der Waals surface area contributed by atoms with E-state index in [1.54, 1.807) is 36.4 Å². The number of hydrogen-bond donors (Lipinski definition) is 1. The van der Waals surface area contributed by atoms with Gasteiger partial charge in [-0.1, -0.05) is 19.1 Å². The molecule has 2 aromatic rings. The Morgan fingerprint density at radius 1 is 1.24 bits per heavy atom. The maximum Gasteiger partial charge on any atom is 0.247 e. The topological polar surface area (TPSA) is 71.8 Å². The van der Waals surface area contributed by atoms with E-state index >= 15 is 0 Å². The molecule has 6 heteroatoms. The first-order valence-corrected chi connectivity index (χ1v) is 8.07. The quantitative estimate of drug-likeness (QED) is 0.748. The predicted molar refractivity (Wildman–Crippen MR) is 96.2 cm³/mol. The minimum Gasteiger partial charge on any atom is -0.495 e. The van der Waals surface area contributed by atoms with Crippen LogP contribution in [0.15, 0.2) is 53.2 Å². The second-order valence-electron chi connectivity index (χ2n) is 5.36. The largest absolute Gasteiger partial charge is 0.495 e. The average Bonchev–Trinajstić information content (AvgIpc) is 3.13. The molecule has 0 radical (unpaired) electrons. The second-order valence-corrected chi connectivity index (χ2v) is 5.36. The second kappa shape index (κ2) is 9.32. The molecule has 1 N–H and O–H groups in total. The van der Waals surface area contributed by atoms with E-state index in [1.807, 2.05) is 13.0 Å². The molecule has 1 aromatic carbocycles. The molecule has 0 spiro atoms. The van der Waals surface area contributed by atoms with Gasteiger partial charge in [0.15, 0.2) is 0 Å². The number of hydrogen-bond acceptors (Lipinski definition) is 4. The summed E-state index contributed by atoms with van der Waals surface area (Å²) in [6, 6.07) is 10.6. The molecular formula is C19H22N2O4. The maximum absolute atomic E-state index is 12.3. The molecule has 1 aromatic heterocycles. The van der Waals surface area contributed by atoms with Crippen molar-refractivity contribution in [2.75, 3.05) is 25.5 Å². The van der Waals surface area contributed by atoms with Crippen LogP contribution in [0.1, 0.15) is 19.1 Å². The summed E-state index contributed by atoms with van der Waals surface area (Å²) in [6.45, 7) is 2.41. The van der Waals surface area contributed by atoms with Gasteiger partial charge in [-0.25, -0.2) is 0 Å². The highest BCUT2D eigenvalue weighted by Gasteiger charge is 2.15. The van der Waals surface area contributed by atoms with Gasteiger partial charge in [0.05, 0.1) is 19.1 Å². The van der Waals surface area contributed by atoms with E-state index in [0.29, 0.717) is 23.7 Å². The normalized spacial score (nSPS) is 10.6. The zero-order chi connectivity index (χ0) is 18.1. The number of carbonyl (C=O) groups excluding carboxylic acids is 2. The Bertz CT molecular complexity index is 723. The van der Waals surface area contributed by atoms with Crippen molar-refractivity contribution in [1.82, 2.24) is 4.90 Å². The summed E-state index contributed by atoms with van der Waals surface area (Å²) in [5.74, 6) is 0.635. The Kier molecular flexibility index (Phi) is 6.83. The van der Waals surface area contributed by atoms with Crippen LogP contribution in [0.3, 0.4) is 0 Å². The van der Waals surface area contributed by atoms with E-state index in [1.165, 1.54) is 24.3 Å². The van der Waals surface area contributed by atoms with Crippen molar-refractivity contribution in [3.05, 3.63) is 54.5 Å². The summed E-state index contributed by atoms with van der Waals surface area (Å²) in [5.41, 5.74) is 0.574. The molecule has 0 saturated carbocycles. The van der Waals surface area contributed by atoms with Crippen LogP contribution in [0, 0.1) is 0 Å². The lowest BCUT2D eigenvalue weighted by molar-refractivity contribution is -0.130. The molecule has 132 valence electrons. The number of amides is 2. The minimum absolute atomic E-state index is 0.0345. The third-order valence-corrected chi connectivity index (χ3v) is 3.45. The number of carbonyl (C=O) groups is 2. The lowest BCUT2D eigenvalue weighted by atomic mass is 10.3. The van der Waals surface area contributed by atoms with Gasteiger partial charge in [0.1, 0.15) is 18.1 Å². The van der Waals surface area contributed by atoms with Crippen LogP contribution in [-0.4, -0.2) is 36.9 Å². The van der Waals surface area contributed by atoms with Crippen LogP contribution in [0.2, 0.25) is 0 Å². The SMILES string of the molecule is CCCN(CC(=O)Nc1ccccc1OC)C(=O)/C=C/c1ccco1. The van der Waals surface area contributed by atoms with Crippen molar-refractivity contribution in [2.24, 2.45) is 0 Å². The number of nitrogens with zero attached hydrogens (tertiary/aromatic N) is 1. The van der Waals surface area contributed by atoms with Gasteiger partial charge in [-0.05, 0) is 36.8 Å².